The number of anilines is 1. The maximum atomic E-state index is 14.8. The van der Waals surface area contributed by atoms with Gasteiger partial charge >= 0.3 is 0 Å². The number of aryl methyl sites for hydroxylation is 2. The van der Waals surface area contributed by atoms with E-state index in [2.05, 4.69) is 0 Å². The number of thiophene rings is 1. The third-order valence-electron chi connectivity index (χ3n) is 11.1. The molecule has 3 fully saturated rings. The molecule has 47 heavy (non-hydrogen) atoms. The van der Waals surface area contributed by atoms with E-state index in [9.17, 15) is 24.3 Å². The first kappa shape index (κ1) is 30.1. The van der Waals surface area contributed by atoms with Crippen molar-refractivity contribution in [2.45, 2.75) is 39.5 Å². The van der Waals surface area contributed by atoms with Crippen LogP contribution < -0.4 is 4.90 Å². The number of hydrogen-bond donors (Lipinski definition) is 1. The third kappa shape index (κ3) is 3.97. The van der Waals surface area contributed by atoms with Gasteiger partial charge in [-0.05, 0) is 74.7 Å². The predicted molar refractivity (Wildman–Crippen MR) is 179 cm³/mol. The molecule has 6 unspecified atom stereocenters. The van der Waals surface area contributed by atoms with Gasteiger partial charge in [-0.25, -0.2) is 4.90 Å². The van der Waals surface area contributed by atoms with E-state index in [0.717, 1.165) is 26.1 Å². The van der Waals surface area contributed by atoms with Gasteiger partial charge in [-0.1, -0.05) is 41.4 Å². The molecule has 0 spiro atoms. The Hall–Kier alpha value is -4.28. The molecule has 6 atom stereocenters. The second-order valence-corrected chi connectivity index (χ2v) is 14.8. The Morgan fingerprint density at radius 3 is 2.55 bits per heavy atom. The number of imide groups is 2. The van der Waals surface area contributed by atoms with Crippen molar-refractivity contribution >= 4 is 62.5 Å². The number of aromatic nitrogens is 2. The molecular formula is C36H33ClN4O5S. The molecule has 4 heterocycles. The first-order chi connectivity index (χ1) is 22.5. The lowest BCUT2D eigenvalue weighted by molar-refractivity contribution is -0.140. The second-order valence-electron chi connectivity index (χ2n) is 13.3. The number of fused-ring (bicyclic) bond motifs is 5. The number of phenolic OH excluding ortho intramolecular Hbond substituents is 1. The average molecular weight is 669 g/mol. The summed E-state index contributed by atoms with van der Waals surface area (Å²) in [6, 6.07) is 14.4. The van der Waals surface area contributed by atoms with Crippen molar-refractivity contribution in [3.63, 3.8) is 0 Å². The number of para-hydroxylation sites is 1. The Kier molecular flexibility index (Phi) is 6.63. The quantitative estimate of drug-likeness (QED) is 0.204. The van der Waals surface area contributed by atoms with Crippen LogP contribution in [0, 0.1) is 36.0 Å². The van der Waals surface area contributed by atoms with Crippen molar-refractivity contribution in [3.8, 4) is 16.3 Å². The van der Waals surface area contributed by atoms with Gasteiger partial charge in [0, 0.05) is 40.9 Å². The summed E-state index contributed by atoms with van der Waals surface area (Å²) < 4.78 is 2.63. The first-order valence-electron chi connectivity index (χ1n) is 15.9. The van der Waals surface area contributed by atoms with Crippen LogP contribution in [0.15, 0.2) is 60.2 Å². The molecule has 1 N–H and O–H groups in total. The van der Waals surface area contributed by atoms with Gasteiger partial charge in [0.25, 0.3) is 0 Å². The number of amides is 4. The average Bonchev–Trinajstić information content (AvgIpc) is 3.71. The Bertz CT molecular complexity index is 2100. The Morgan fingerprint density at radius 2 is 1.81 bits per heavy atom. The fraction of sp³-hybridized carbons (Fsp3) is 0.361. The van der Waals surface area contributed by atoms with Crippen LogP contribution in [-0.4, -0.2) is 50.0 Å². The normalized spacial score (nSPS) is 28.6. The van der Waals surface area contributed by atoms with Gasteiger partial charge in [0.1, 0.15) is 17.3 Å². The van der Waals surface area contributed by atoms with E-state index < -0.39 is 35.0 Å². The number of benzene rings is 2. The molecule has 4 aliphatic rings. The van der Waals surface area contributed by atoms with Crippen LogP contribution in [0.4, 0.5) is 5.82 Å². The lowest BCUT2D eigenvalue weighted by Crippen LogP contribution is -2.48. The predicted octanol–water partition coefficient (Wildman–Crippen LogP) is 6.22. The molecule has 2 aromatic carbocycles. The number of rotatable bonds is 4. The van der Waals surface area contributed by atoms with Gasteiger partial charge in [-0.3, -0.25) is 28.8 Å². The molecule has 2 aromatic heterocycles. The second kappa shape index (κ2) is 10.4. The van der Waals surface area contributed by atoms with E-state index in [1.807, 2.05) is 38.1 Å². The molecule has 2 aliphatic carbocycles. The molecule has 9 nitrogen and oxygen atoms in total. The van der Waals surface area contributed by atoms with E-state index in [4.69, 9.17) is 16.7 Å². The maximum Gasteiger partial charge on any atom is 0.242 e. The van der Waals surface area contributed by atoms with Crippen LogP contribution in [0.5, 0.6) is 5.75 Å². The minimum atomic E-state index is -1.25. The van der Waals surface area contributed by atoms with Gasteiger partial charge in [-0.15, -0.1) is 11.3 Å². The van der Waals surface area contributed by atoms with Crippen molar-refractivity contribution < 1.29 is 24.3 Å². The zero-order valence-electron chi connectivity index (χ0n) is 26.4. The molecular weight excluding hydrogens is 636 g/mol. The highest BCUT2D eigenvalue weighted by Crippen LogP contribution is 2.64. The van der Waals surface area contributed by atoms with Gasteiger partial charge in [-0.2, -0.15) is 5.10 Å². The van der Waals surface area contributed by atoms with Gasteiger partial charge < -0.3 is 5.11 Å². The van der Waals surface area contributed by atoms with Crippen molar-refractivity contribution in [1.29, 1.82) is 0 Å². The molecule has 0 bridgehead atoms. The van der Waals surface area contributed by atoms with Gasteiger partial charge in [0.05, 0.1) is 28.0 Å². The summed E-state index contributed by atoms with van der Waals surface area (Å²) in [5, 5.41) is 17.6. The third-order valence-corrected chi connectivity index (χ3v) is 12.7. The standard InChI is InChI=1S/C36H33ClN4O5S/c1-5-40-32(43)21-12-11-19-23(29(21)34(40)45)15-24-33(44)41(35(46)36(24,3)30(19)20-8-6-7-9-26(20)42)28-16-25(38-39(28)4)31-17(2)22-14-18(37)10-13-27(22)47-31/h6-11,13-14,16,21,23-24,29-30,42H,5,12,15H2,1-4H3. The van der Waals surface area contributed by atoms with E-state index in [-0.39, 0.29) is 42.3 Å². The molecule has 240 valence electrons. The Morgan fingerprint density at radius 1 is 1.04 bits per heavy atom. The minimum Gasteiger partial charge on any atom is -0.508 e. The summed E-state index contributed by atoms with van der Waals surface area (Å²) in [6.07, 6.45) is 2.62. The summed E-state index contributed by atoms with van der Waals surface area (Å²) in [4.78, 5) is 59.9. The monoisotopic (exact) mass is 668 g/mol. The van der Waals surface area contributed by atoms with Crippen molar-refractivity contribution in [2.24, 2.45) is 36.1 Å². The highest BCUT2D eigenvalue weighted by atomic mass is 35.5. The topological polar surface area (TPSA) is 113 Å². The number of carbonyl (C=O) groups is 4. The minimum absolute atomic E-state index is 0.0204. The summed E-state index contributed by atoms with van der Waals surface area (Å²) in [7, 11) is 1.72. The fourth-order valence-corrected chi connectivity index (χ4v) is 10.2. The molecule has 2 saturated heterocycles. The van der Waals surface area contributed by atoms with Crippen LogP contribution in [0.1, 0.15) is 43.7 Å². The lowest BCUT2D eigenvalue weighted by Gasteiger charge is -2.49. The summed E-state index contributed by atoms with van der Waals surface area (Å²) in [5.41, 5.74) is 1.78. The fourth-order valence-electron chi connectivity index (χ4n) is 8.90. The van der Waals surface area contributed by atoms with Crippen LogP contribution >= 0.6 is 22.9 Å². The summed E-state index contributed by atoms with van der Waals surface area (Å²) in [5.74, 6) is -3.74. The number of phenols is 1. The molecule has 4 amide bonds. The van der Waals surface area contributed by atoms with Gasteiger partial charge in [0.15, 0.2) is 0 Å². The maximum absolute atomic E-state index is 14.8. The van der Waals surface area contributed by atoms with Crippen LogP contribution in [-0.2, 0) is 26.2 Å². The van der Waals surface area contributed by atoms with Crippen molar-refractivity contribution in [2.75, 3.05) is 11.4 Å². The van der Waals surface area contributed by atoms with Crippen molar-refractivity contribution in [1.82, 2.24) is 14.7 Å². The number of aromatic hydroxyl groups is 1. The number of allylic oxidation sites excluding steroid dienone is 2. The molecule has 11 heteroatoms. The number of halogens is 1. The first-order valence-corrected chi connectivity index (χ1v) is 17.1. The zero-order chi connectivity index (χ0) is 33.1. The highest BCUT2D eigenvalue weighted by molar-refractivity contribution is 7.22. The SMILES string of the molecule is CCN1C(=O)C2CC=C3C(CC4C(=O)N(c5cc(-c6sc7ccc(Cl)cc7c6C)nn5C)C(=O)C4(C)C3c3ccccc3O)C2C1=O. The van der Waals surface area contributed by atoms with E-state index >= 15 is 0 Å². The summed E-state index contributed by atoms with van der Waals surface area (Å²) >= 11 is 7.86. The molecule has 2 aliphatic heterocycles. The molecule has 1 saturated carbocycles. The number of likely N-dealkylation sites (tertiary alicyclic amines) is 1. The Balaban J connectivity index is 1.25. The summed E-state index contributed by atoms with van der Waals surface area (Å²) in [6.45, 7) is 5.90. The molecule has 8 rings (SSSR count). The van der Waals surface area contributed by atoms with Crippen LogP contribution in [0.2, 0.25) is 5.02 Å². The zero-order valence-corrected chi connectivity index (χ0v) is 27.9. The van der Waals surface area contributed by atoms with E-state index in [1.54, 1.807) is 60.3 Å². The smallest absolute Gasteiger partial charge is 0.242 e. The Labute approximate surface area is 280 Å². The van der Waals surface area contributed by atoms with E-state index in [0.29, 0.717) is 28.5 Å². The lowest BCUT2D eigenvalue weighted by atomic mass is 9.51. The number of carbonyl (C=O) groups excluding carboxylic acids is 4. The molecule has 4 aromatic rings. The van der Waals surface area contributed by atoms with Gasteiger partial charge in [0.2, 0.25) is 23.6 Å². The number of hydrogen-bond acceptors (Lipinski definition) is 7. The van der Waals surface area contributed by atoms with Crippen LogP contribution in [0.3, 0.4) is 0 Å². The van der Waals surface area contributed by atoms with E-state index in [1.165, 1.54) is 9.80 Å². The molecule has 0 radical (unpaired) electrons. The highest BCUT2D eigenvalue weighted by Gasteiger charge is 2.68. The number of nitrogens with zero attached hydrogens (tertiary/aromatic N) is 4. The van der Waals surface area contributed by atoms with Crippen molar-refractivity contribution in [3.05, 3.63) is 76.3 Å². The van der Waals surface area contributed by atoms with Crippen LogP contribution in [0.25, 0.3) is 20.7 Å². The largest absolute Gasteiger partial charge is 0.508 e.